The number of benzene rings is 1. The van der Waals surface area contributed by atoms with Gasteiger partial charge in [-0.2, -0.15) is 0 Å². The Hall–Kier alpha value is -0.910. The maximum Gasteiger partial charge on any atom is 0.171 e. The summed E-state index contributed by atoms with van der Waals surface area (Å²) in [4.78, 5) is 0. The smallest absolute Gasteiger partial charge is 0.171 e. The van der Waals surface area contributed by atoms with Gasteiger partial charge in [0.25, 0.3) is 0 Å². The summed E-state index contributed by atoms with van der Waals surface area (Å²) in [5.74, 6) is 0.253. The predicted octanol–water partition coefficient (Wildman–Crippen LogP) is 2.69. The first kappa shape index (κ1) is 15.6. The lowest BCUT2D eigenvalue weighted by Gasteiger charge is -2.49. The van der Waals surface area contributed by atoms with E-state index in [9.17, 15) is 10.2 Å². The Balaban J connectivity index is 1.43. The molecule has 1 heterocycles. The number of fused-ring (bicyclic) bond motifs is 2. The third kappa shape index (κ3) is 2.63. The average Bonchev–Trinajstić information content (AvgIpc) is 3.12. The second kappa shape index (κ2) is 5.87. The Bertz CT molecular complexity index is 594. The highest BCUT2D eigenvalue weighted by atomic mass is 35.5. The van der Waals surface area contributed by atoms with Gasteiger partial charge in [-0.05, 0) is 30.0 Å². The Morgan fingerprint density at radius 3 is 2.61 bits per heavy atom. The van der Waals surface area contributed by atoms with Crippen LogP contribution in [0.25, 0.3) is 0 Å². The Labute approximate surface area is 140 Å². The number of ether oxygens (including phenoxy) is 2. The normalized spacial score (nSPS) is 36.3. The van der Waals surface area contributed by atoms with E-state index < -0.39 is 18.0 Å². The standard InChI is InChI=1S/C18H21ClO4/c19-12-3-1-11(2-4-12)16(20)6-5-13-14-10-18(22-7-8-23-18)15(14)9-17(13)21/h1-6,13-17,20-21H,7-10H2/t13?,14-,15-,16?,17?/m0/s1. The van der Waals surface area contributed by atoms with Gasteiger partial charge in [-0.1, -0.05) is 35.9 Å². The molecule has 0 bridgehead atoms. The van der Waals surface area contributed by atoms with Gasteiger partial charge in [0.05, 0.1) is 25.4 Å². The molecule has 2 N–H and O–H groups in total. The maximum absolute atomic E-state index is 10.4. The highest BCUT2D eigenvalue weighted by Crippen LogP contribution is 2.60. The van der Waals surface area contributed by atoms with Crippen molar-refractivity contribution in [2.75, 3.05) is 13.2 Å². The van der Waals surface area contributed by atoms with E-state index in [4.69, 9.17) is 21.1 Å². The van der Waals surface area contributed by atoms with Crippen molar-refractivity contribution >= 4 is 11.6 Å². The fourth-order valence-electron chi connectivity index (χ4n) is 4.33. The first-order valence-electron chi connectivity index (χ1n) is 8.17. The van der Waals surface area contributed by atoms with Crippen LogP contribution in [0.1, 0.15) is 24.5 Å². The molecule has 0 amide bonds. The van der Waals surface area contributed by atoms with Gasteiger partial charge < -0.3 is 19.7 Å². The molecule has 4 nitrogen and oxygen atoms in total. The van der Waals surface area contributed by atoms with Gasteiger partial charge in [0.2, 0.25) is 0 Å². The van der Waals surface area contributed by atoms with E-state index in [1.165, 1.54) is 0 Å². The molecule has 0 radical (unpaired) electrons. The Morgan fingerprint density at radius 1 is 1.22 bits per heavy atom. The zero-order valence-corrected chi connectivity index (χ0v) is 13.5. The Kier molecular flexibility index (Phi) is 3.98. The highest BCUT2D eigenvalue weighted by Gasteiger charge is 2.64. The van der Waals surface area contributed by atoms with Crippen molar-refractivity contribution in [2.45, 2.75) is 30.8 Å². The summed E-state index contributed by atoms with van der Waals surface area (Å²) in [7, 11) is 0. The van der Waals surface area contributed by atoms with E-state index in [2.05, 4.69) is 0 Å². The van der Waals surface area contributed by atoms with Crippen LogP contribution in [-0.4, -0.2) is 35.3 Å². The number of hydrogen-bond acceptors (Lipinski definition) is 4. The largest absolute Gasteiger partial charge is 0.392 e. The van der Waals surface area contributed by atoms with Gasteiger partial charge in [0, 0.05) is 23.3 Å². The number of aliphatic hydroxyl groups is 2. The molecule has 4 rings (SSSR count). The van der Waals surface area contributed by atoms with Gasteiger partial charge in [-0.3, -0.25) is 0 Å². The molecule has 1 spiro atoms. The van der Waals surface area contributed by atoms with E-state index in [-0.39, 0.29) is 11.8 Å². The van der Waals surface area contributed by atoms with Crippen molar-refractivity contribution in [2.24, 2.45) is 17.8 Å². The van der Waals surface area contributed by atoms with Crippen LogP contribution < -0.4 is 0 Å². The fourth-order valence-corrected chi connectivity index (χ4v) is 4.45. The molecule has 2 saturated carbocycles. The first-order valence-corrected chi connectivity index (χ1v) is 8.55. The van der Waals surface area contributed by atoms with Crippen molar-refractivity contribution < 1.29 is 19.7 Å². The zero-order valence-electron chi connectivity index (χ0n) is 12.8. The molecule has 1 saturated heterocycles. The quantitative estimate of drug-likeness (QED) is 0.833. The van der Waals surface area contributed by atoms with E-state index in [0.29, 0.717) is 30.6 Å². The minimum atomic E-state index is -0.688. The molecule has 3 fully saturated rings. The second-order valence-electron chi connectivity index (χ2n) is 6.74. The van der Waals surface area contributed by atoms with E-state index in [0.717, 1.165) is 12.0 Å². The number of hydrogen-bond donors (Lipinski definition) is 2. The molecule has 1 aromatic carbocycles. The van der Waals surface area contributed by atoms with Crippen molar-refractivity contribution in [1.82, 2.24) is 0 Å². The highest BCUT2D eigenvalue weighted by molar-refractivity contribution is 6.30. The van der Waals surface area contributed by atoms with Crippen molar-refractivity contribution in [3.8, 4) is 0 Å². The molecule has 5 atom stereocenters. The second-order valence-corrected chi connectivity index (χ2v) is 7.18. The van der Waals surface area contributed by atoms with Gasteiger partial charge in [-0.15, -0.1) is 0 Å². The molecule has 124 valence electrons. The predicted molar refractivity (Wildman–Crippen MR) is 85.9 cm³/mol. The molecule has 5 heteroatoms. The first-order chi connectivity index (χ1) is 11.1. The lowest BCUT2D eigenvalue weighted by atomic mass is 9.67. The summed E-state index contributed by atoms with van der Waals surface area (Å²) < 4.78 is 11.5. The van der Waals surface area contributed by atoms with E-state index in [1.54, 1.807) is 18.2 Å². The summed E-state index contributed by atoms with van der Waals surface area (Å²) in [5.41, 5.74) is 0.794. The third-order valence-corrected chi connectivity index (χ3v) is 5.79. The van der Waals surface area contributed by atoms with Crippen LogP contribution in [0.15, 0.2) is 36.4 Å². The molecule has 23 heavy (non-hydrogen) atoms. The lowest BCUT2D eigenvalue weighted by Crippen LogP contribution is -2.53. The number of rotatable bonds is 3. The van der Waals surface area contributed by atoms with Crippen LogP contribution in [-0.2, 0) is 9.47 Å². The van der Waals surface area contributed by atoms with Crippen molar-refractivity contribution in [1.29, 1.82) is 0 Å². The lowest BCUT2D eigenvalue weighted by molar-refractivity contribution is -0.270. The summed E-state index contributed by atoms with van der Waals surface area (Å²) in [5, 5.41) is 21.3. The minimum Gasteiger partial charge on any atom is -0.392 e. The van der Waals surface area contributed by atoms with Gasteiger partial charge in [0.15, 0.2) is 5.79 Å². The topological polar surface area (TPSA) is 58.9 Å². The fraction of sp³-hybridized carbons (Fsp3) is 0.556. The van der Waals surface area contributed by atoms with Crippen molar-refractivity contribution in [3.05, 3.63) is 47.0 Å². The molecular weight excluding hydrogens is 316 g/mol. The van der Waals surface area contributed by atoms with Crippen LogP contribution in [0.2, 0.25) is 5.02 Å². The summed E-state index contributed by atoms with van der Waals surface area (Å²) in [6.45, 7) is 1.30. The minimum absolute atomic E-state index is 0.0559. The Morgan fingerprint density at radius 2 is 1.91 bits per heavy atom. The van der Waals surface area contributed by atoms with Crippen LogP contribution in [0.4, 0.5) is 0 Å². The average molecular weight is 337 g/mol. The number of halogens is 1. The summed E-state index contributed by atoms with van der Waals surface area (Å²) >= 11 is 5.86. The monoisotopic (exact) mass is 336 g/mol. The number of aliphatic hydroxyl groups excluding tert-OH is 2. The molecule has 3 unspecified atom stereocenters. The van der Waals surface area contributed by atoms with Gasteiger partial charge in [0.1, 0.15) is 0 Å². The van der Waals surface area contributed by atoms with Crippen LogP contribution in [0.3, 0.4) is 0 Å². The van der Waals surface area contributed by atoms with Crippen molar-refractivity contribution in [3.63, 3.8) is 0 Å². The van der Waals surface area contributed by atoms with Crippen LogP contribution >= 0.6 is 11.6 Å². The van der Waals surface area contributed by atoms with Gasteiger partial charge >= 0.3 is 0 Å². The molecule has 1 aromatic rings. The molecule has 2 aliphatic carbocycles. The van der Waals surface area contributed by atoms with E-state index >= 15 is 0 Å². The molecule has 3 aliphatic rings. The zero-order chi connectivity index (χ0) is 16.0. The van der Waals surface area contributed by atoms with Crippen LogP contribution in [0, 0.1) is 17.8 Å². The SMILES string of the molecule is OC(C=CC1C(O)C[C@H]2[C@H]1CC21OCCO1)c1ccc(Cl)cc1. The maximum atomic E-state index is 10.4. The molecular formula is C18H21ClO4. The molecule has 0 aromatic heterocycles. The molecule has 1 aliphatic heterocycles. The summed E-state index contributed by atoms with van der Waals surface area (Å²) in [6.07, 6.45) is 4.17. The summed E-state index contributed by atoms with van der Waals surface area (Å²) in [6, 6.07) is 7.14. The third-order valence-electron chi connectivity index (χ3n) is 5.54. The van der Waals surface area contributed by atoms with Crippen LogP contribution in [0.5, 0.6) is 0 Å². The van der Waals surface area contributed by atoms with E-state index in [1.807, 2.05) is 18.2 Å². The van der Waals surface area contributed by atoms with Gasteiger partial charge in [-0.25, -0.2) is 0 Å².